The van der Waals surface area contributed by atoms with E-state index in [0.717, 1.165) is 16.8 Å². The monoisotopic (exact) mass is 452 g/mol. The van der Waals surface area contributed by atoms with Crippen molar-refractivity contribution in [2.24, 2.45) is 0 Å². The molecule has 0 radical (unpaired) electrons. The van der Waals surface area contributed by atoms with E-state index in [1.807, 2.05) is 67.6 Å². The molecule has 0 bridgehead atoms. The Labute approximate surface area is 195 Å². The van der Waals surface area contributed by atoms with Crippen molar-refractivity contribution in [1.29, 1.82) is 0 Å². The average molecular weight is 452 g/mol. The van der Waals surface area contributed by atoms with E-state index >= 15 is 0 Å². The molecule has 0 fully saturated rings. The van der Waals surface area contributed by atoms with Gasteiger partial charge in [0, 0.05) is 0 Å². The van der Waals surface area contributed by atoms with Crippen LogP contribution in [0.2, 0.25) is 0 Å². The molecule has 0 unspecified atom stereocenters. The molecule has 6 nitrogen and oxygen atoms in total. The summed E-state index contributed by atoms with van der Waals surface area (Å²) in [7, 11) is 0. The lowest BCUT2D eigenvalue weighted by atomic mass is 10.2. The average Bonchev–Trinajstić information content (AvgIpc) is 3.35. The molecule has 2 aromatic heterocycles. The number of aryl methyl sites for hydroxylation is 1. The lowest BCUT2D eigenvalue weighted by molar-refractivity contribution is 0.300. The summed E-state index contributed by atoms with van der Waals surface area (Å²) >= 11 is 0. The predicted molar refractivity (Wildman–Crippen MR) is 128 cm³/mol. The van der Waals surface area contributed by atoms with E-state index in [0.29, 0.717) is 5.69 Å². The Bertz CT molecular complexity index is 1490. The molecule has 5 aromatic rings. The third kappa shape index (κ3) is 4.23. The molecule has 0 aliphatic heterocycles. The zero-order chi connectivity index (χ0) is 23.5. The molecule has 0 saturated heterocycles. The van der Waals surface area contributed by atoms with E-state index < -0.39 is 11.2 Å². The summed E-state index contributed by atoms with van der Waals surface area (Å²) in [5.74, 6) is -0.387. The van der Waals surface area contributed by atoms with Gasteiger partial charge in [-0.05, 0) is 48.4 Å². The summed E-state index contributed by atoms with van der Waals surface area (Å²) in [6.45, 7) is 2.00. The first-order valence-electron chi connectivity index (χ1n) is 10.8. The summed E-state index contributed by atoms with van der Waals surface area (Å²) < 4.78 is 23.7. The molecule has 7 heteroatoms. The van der Waals surface area contributed by atoms with Crippen molar-refractivity contribution in [3.05, 3.63) is 124 Å². The molecule has 0 N–H and O–H groups in total. The van der Waals surface area contributed by atoms with Gasteiger partial charge in [-0.1, -0.05) is 54.6 Å². The van der Waals surface area contributed by atoms with Crippen molar-refractivity contribution in [3.63, 3.8) is 0 Å². The Kier molecular flexibility index (Phi) is 5.74. The van der Waals surface area contributed by atoms with E-state index in [1.165, 1.54) is 16.9 Å². The quantitative estimate of drug-likeness (QED) is 0.359. The van der Waals surface area contributed by atoms with Crippen LogP contribution in [0.25, 0.3) is 22.8 Å². The van der Waals surface area contributed by atoms with Crippen molar-refractivity contribution in [2.45, 2.75) is 13.5 Å². The van der Waals surface area contributed by atoms with E-state index in [1.54, 1.807) is 29.1 Å². The van der Waals surface area contributed by atoms with Gasteiger partial charge in [0.05, 0.1) is 23.8 Å². The van der Waals surface area contributed by atoms with Gasteiger partial charge in [0.25, 0.3) is 5.43 Å². The summed E-state index contributed by atoms with van der Waals surface area (Å²) in [4.78, 5) is 13.5. The van der Waals surface area contributed by atoms with Crippen LogP contribution >= 0.6 is 0 Å². The van der Waals surface area contributed by atoms with Crippen molar-refractivity contribution in [2.75, 3.05) is 0 Å². The van der Waals surface area contributed by atoms with Crippen LogP contribution < -0.4 is 10.2 Å². The summed E-state index contributed by atoms with van der Waals surface area (Å²) in [6.07, 6.45) is 3.02. The Balaban J connectivity index is 1.66. The maximum Gasteiger partial charge on any atom is 0.251 e. The van der Waals surface area contributed by atoms with Crippen LogP contribution in [0.4, 0.5) is 4.39 Å². The molecule has 0 amide bonds. The highest BCUT2D eigenvalue weighted by atomic mass is 19.1. The number of rotatable bonds is 6. The minimum Gasteiger partial charge on any atom is -0.483 e. The van der Waals surface area contributed by atoms with Crippen LogP contribution in [0.3, 0.4) is 0 Å². The molecule has 0 atom stereocenters. The smallest absolute Gasteiger partial charge is 0.251 e. The number of aromatic nitrogens is 4. The van der Waals surface area contributed by atoms with Crippen LogP contribution in [0.5, 0.6) is 5.75 Å². The van der Waals surface area contributed by atoms with Gasteiger partial charge in [0.1, 0.15) is 18.1 Å². The molecule has 0 aliphatic rings. The van der Waals surface area contributed by atoms with Gasteiger partial charge >= 0.3 is 0 Å². The lowest BCUT2D eigenvalue weighted by Gasteiger charge is -2.14. The van der Waals surface area contributed by atoms with Gasteiger partial charge in [-0.15, -0.1) is 0 Å². The van der Waals surface area contributed by atoms with Crippen molar-refractivity contribution in [1.82, 2.24) is 19.6 Å². The molecule has 3 aromatic carbocycles. The molecule has 2 heterocycles. The van der Waals surface area contributed by atoms with Gasteiger partial charge in [-0.25, -0.2) is 13.8 Å². The molecule has 0 saturated carbocycles. The minimum atomic E-state index is -0.451. The molecule has 0 aliphatic carbocycles. The van der Waals surface area contributed by atoms with Crippen molar-refractivity contribution in [3.8, 4) is 28.5 Å². The second-order valence-corrected chi connectivity index (χ2v) is 7.81. The van der Waals surface area contributed by atoms with E-state index in [9.17, 15) is 9.18 Å². The Morgan fingerprint density at radius 3 is 2.41 bits per heavy atom. The Morgan fingerprint density at radius 2 is 1.68 bits per heavy atom. The Morgan fingerprint density at radius 1 is 0.941 bits per heavy atom. The van der Waals surface area contributed by atoms with Crippen LogP contribution in [0.1, 0.15) is 11.1 Å². The SMILES string of the molecule is Cc1ccc(-n2cc(OCc3ccccc3)c(=O)c(-c3ccnn3-c3ccccc3)n2)c(F)c1. The Hall–Kier alpha value is -4.52. The number of para-hydroxylation sites is 1. The van der Waals surface area contributed by atoms with Gasteiger partial charge in [-0.3, -0.25) is 4.79 Å². The van der Waals surface area contributed by atoms with Crippen LogP contribution in [0, 0.1) is 12.7 Å². The fourth-order valence-corrected chi connectivity index (χ4v) is 3.65. The number of hydrogen-bond donors (Lipinski definition) is 0. The molecule has 34 heavy (non-hydrogen) atoms. The number of halogens is 1. The van der Waals surface area contributed by atoms with Crippen molar-refractivity contribution >= 4 is 0 Å². The normalized spacial score (nSPS) is 10.9. The third-order valence-electron chi connectivity index (χ3n) is 5.36. The summed E-state index contributed by atoms with van der Waals surface area (Å²) in [5, 5.41) is 8.87. The van der Waals surface area contributed by atoms with Gasteiger partial charge in [0.15, 0.2) is 11.4 Å². The largest absolute Gasteiger partial charge is 0.483 e. The van der Waals surface area contributed by atoms with E-state index in [-0.39, 0.29) is 23.7 Å². The maximum atomic E-state index is 14.8. The summed E-state index contributed by atoms with van der Waals surface area (Å²) in [6, 6.07) is 25.5. The number of ether oxygens (including phenoxy) is 1. The van der Waals surface area contributed by atoms with Crippen LogP contribution in [-0.4, -0.2) is 19.6 Å². The standard InChI is InChI=1S/C27H21FN4O2/c1-19-12-13-23(22(28)16-19)31-17-25(34-18-20-8-4-2-5-9-20)27(33)26(30-31)24-14-15-29-32(24)21-10-6-3-7-11-21/h2-17H,18H2,1H3. The van der Waals surface area contributed by atoms with E-state index in [2.05, 4.69) is 10.2 Å². The summed E-state index contributed by atoms with van der Waals surface area (Å²) in [5.41, 5.74) is 2.84. The highest BCUT2D eigenvalue weighted by Gasteiger charge is 2.19. The fourth-order valence-electron chi connectivity index (χ4n) is 3.65. The number of hydrogen-bond acceptors (Lipinski definition) is 4. The first-order chi connectivity index (χ1) is 16.6. The second-order valence-electron chi connectivity index (χ2n) is 7.81. The highest BCUT2D eigenvalue weighted by molar-refractivity contribution is 5.59. The number of benzene rings is 3. The van der Waals surface area contributed by atoms with E-state index in [4.69, 9.17) is 4.74 Å². The van der Waals surface area contributed by atoms with Crippen LogP contribution in [-0.2, 0) is 6.61 Å². The topological polar surface area (TPSA) is 61.9 Å². The highest BCUT2D eigenvalue weighted by Crippen LogP contribution is 2.22. The lowest BCUT2D eigenvalue weighted by Crippen LogP contribution is -2.19. The van der Waals surface area contributed by atoms with Crippen LogP contribution in [0.15, 0.2) is 102 Å². The molecule has 5 rings (SSSR count). The van der Waals surface area contributed by atoms with Gasteiger partial charge in [0.2, 0.25) is 0 Å². The zero-order valence-corrected chi connectivity index (χ0v) is 18.4. The molecule has 168 valence electrons. The zero-order valence-electron chi connectivity index (χ0n) is 18.4. The first kappa shape index (κ1) is 21.3. The minimum absolute atomic E-state index is 0.0645. The maximum absolute atomic E-state index is 14.8. The number of nitrogens with zero attached hydrogens (tertiary/aromatic N) is 4. The fraction of sp³-hybridized carbons (Fsp3) is 0.0741. The molecular formula is C27H21FN4O2. The molecular weight excluding hydrogens is 431 g/mol. The van der Waals surface area contributed by atoms with Gasteiger partial charge < -0.3 is 4.74 Å². The molecule has 0 spiro atoms. The van der Waals surface area contributed by atoms with Gasteiger partial charge in [-0.2, -0.15) is 10.2 Å². The third-order valence-corrected chi connectivity index (χ3v) is 5.36. The second kappa shape index (κ2) is 9.15. The predicted octanol–water partition coefficient (Wildman–Crippen LogP) is 5.11. The first-order valence-corrected chi connectivity index (χ1v) is 10.8. The van der Waals surface area contributed by atoms with Crippen molar-refractivity contribution < 1.29 is 9.13 Å².